The Kier molecular flexibility index (Phi) is 3.41. The predicted molar refractivity (Wildman–Crippen MR) is 80.4 cm³/mol. The van der Waals surface area contributed by atoms with E-state index in [0.29, 0.717) is 5.82 Å². The van der Waals surface area contributed by atoms with Gasteiger partial charge in [0.1, 0.15) is 11.3 Å². The van der Waals surface area contributed by atoms with Gasteiger partial charge < -0.3 is 10.3 Å². The molecule has 0 spiro atoms. The zero-order valence-corrected chi connectivity index (χ0v) is 11.5. The van der Waals surface area contributed by atoms with Crippen molar-refractivity contribution in [2.75, 3.05) is 13.6 Å². The molecule has 2 aromatic heterocycles. The Morgan fingerprint density at radius 3 is 2.76 bits per heavy atom. The molecule has 0 aliphatic rings. The highest BCUT2D eigenvalue weighted by atomic mass is 16.2. The first-order valence-corrected chi connectivity index (χ1v) is 6.64. The molecule has 0 saturated carbocycles. The molecule has 21 heavy (non-hydrogen) atoms. The largest absolute Gasteiger partial charge is 0.332 e. The standard InChI is InChI=1S/C14H15N5O2/c1-15-7-6-8-4-2-3-5-9(8)11-16-10-12(17-11)18-14(21)19-13(10)20/h2-5,15H,6-7H2,1H3,(H3,16,17,18,19,20,21). The van der Waals surface area contributed by atoms with E-state index in [9.17, 15) is 9.59 Å². The molecule has 4 N–H and O–H groups in total. The number of aromatic nitrogens is 4. The molecule has 3 aromatic rings. The second-order valence-corrected chi connectivity index (χ2v) is 4.73. The lowest BCUT2D eigenvalue weighted by atomic mass is 10.0. The van der Waals surface area contributed by atoms with Crippen molar-refractivity contribution < 1.29 is 0 Å². The number of rotatable bonds is 4. The van der Waals surface area contributed by atoms with Gasteiger partial charge in [-0.3, -0.25) is 14.8 Å². The average Bonchev–Trinajstić information content (AvgIpc) is 2.89. The number of hydrogen-bond acceptors (Lipinski definition) is 4. The van der Waals surface area contributed by atoms with Crippen molar-refractivity contribution in [3.63, 3.8) is 0 Å². The third-order valence-electron chi connectivity index (χ3n) is 3.31. The second-order valence-electron chi connectivity index (χ2n) is 4.73. The maximum atomic E-state index is 11.7. The summed E-state index contributed by atoms with van der Waals surface area (Å²) in [5.41, 5.74) is 1.54. The molecule has 0 aliphatic heterocycles. The Morgan fingerprint density at radius 2 is 1.95 bits per heavy atom. The molecule has 0 unspecified atom stereocenters. The number of nitrogens with one attached hydrogen (secondary N) is 4. The van der Waals surface area contributed by atoms with Gasteiger partial charge in [0.2, 0.25) is 0 Å². The third kappa shape index (κ3) is 2.50. The van der Waals surface area contributed by atoms with E-state index in [2.05, 4.69) is 25.3 Å². The molecule has 0 fully saturated rings. The van der Waals surface area contributed by atoms with Crippen LogP contribution in [0.2, 0.25) is 0 Å². The van der Waals surface area contributed by atoms with E-state index < -0.39 is 11.2 Å². The van der Waals surface area contributed by atoms with Crippen molar-refractivity contribution in [3.8, 4) is 11.4 Å². The van der Waals surface area contributed by atoms with E-state index in [1.807, 2.05) is 31.3 Å². The monoisotopic (exact) mass is 285 g/mol. The minimum Gasteiger partial charge on any atom is -0.332 e. The lowest BCUT2D eigenvalue weighted by molar-refractivity contribution is 0.792. The summed E-state index contributed by atoms with van der Waals surface area (Å²) in [4.78, 5) is 35.0. The Balaban J connectivity index is 2.15. The van der Waals surface area contributed by atoms with Gasteiger partial charge in [-0.2, -0.15) is 0 Å². The lowest BCUT2D eigenvalue weighted by Crippen LogP contribution is -2.21. The molecule has 0 radical (unpaired) electrons. The van der Waals surface area contributed by atoms with Crippen molar-refractivity contribution in [1.82, 2.24) is 25.3 Å². The molecular formula is C14H15N5O2. The van der Waals surface area contributed by atoms with Crippen LogP contribution in [0, 0.1) is 0 Å². The minimum absolute atomic E-state index is 0.266. The number of benzene rings is 1. The Morgan fingerprint density at radius 1 is 1.14 bits per heavy atom. The normalized spacial score (nSPS) is 11.1. The molecular weight excluding hydrogens is 270 g/mol. The van der Waals surface area contributed by atoms with Crippen molar-refractivity contribution in [3.05, 3.63) is 50.7 Å². The molecule has 0 amide bonds. The second kappa shape index (κ2) is 5.37. The zero-order valence-electron chi connectivity index (χ0n) is 11.5. The molecule has 7 heteroatoms. The molecule has 0 bridgehead atoms. The van der Waals surface area contributed by atoms with Gasteiger partial charge >= 0.3 is 5.69 Å². The first kappa shape index (κ1) is 13.3. The van der Waals surface area contributed by atoms with E-state index >= 15 is 0 Å². The van der Waals surface area contributed by atoms with Gasteiger partial charge in [0, 0.05) is 5.56 Å². The highest BCUT2D eigenvalue weighted by Crippen LogP contribution is 2.22. The summed E-state index contributed by atoms with van der Waals surface area (Å²) in [5, 5.41) is 3.10. The van der Waals surface area contributed by atoms with E-state index in [-0.39, 0.29) is 11.2 Å². The van der Waals surface area contributed by atoms with Gasteiger partial charge in [-0.1, -0.05) is 24.3 Å². The number of H-pyrrole nitrogens is 3. The van der Waals surface area contributed by atoms with Gasteiger partial charge in [0.25, 0.3) is 5.56 Å². The third-order valence-corrected chi connectivity index (χ3v) is 3.31. The van der Waals surface area contributed by atoms with Gasteiger partial charge in [-0.15, -0.1) is 0 Å². The first-order chi connectivity index (χ1) is 10.2. The summed E-state index contributed by atoms with van der Waals surface area (Å²) in [6, 6.07) is 7.84. The van der Waals surface area contributed by atoms with Gasteiger partial charge in [-0.05, 0) is 25.6 Å². The van der Waals surface area contributed by atoms with Gasteiger partial charge in [-0.25, -0.2) is 9.78 Å². The van der Waals surface area contributed by atoms with Crippen LogP contribution in [0.4, 0.5) is 0 Å². The van der Waals surface area contributed by atoms with Crippen molar-refractivity contribution in [1.29, 1.82) is 0 Å². The van der Waals surface area contributed by atoms with Crippen LogP contribution in [0.1, 0.15) is 5.56 Å². The minimum atomic E-state index is -0.561. The summed E-state index contributed by atoms with van der Waals surface area (Å²) in [6.07, 6.45) is 0.844. The summed E-state index contributed by atoms with van der Waals surface area (Å²) < 4.78 is 0. The highest BCUT2D eigenvalue weighted by Gasteiger charge is 2.12. The van der Waals surface area contributed by atoms with E-state index in [0.717, 1.165) is 24.1 Å². The zero-order chi connectivity index (χ0) is 14.8. The van der Waals surface area contributed by atoms with Crippen LogP contribution in [0.3, 0.4) is 0 Å². The van der Waals surface area contributed by atoms with Crippen LogP contribution in [-0.4, -0.2) is 33.5 Å². The summed E-state index contributed by atoms with van der Waals surface area (Å²) >= 11 is 0. The van der Waals surface area contributed by atoms with Crippen molar-refractivity contribution >= 4 is 11.2 Å². The topological polar surface area (TPSA) is 106 Å². The molecule has 108 valence electrons. The predicted octanol–water partition coefficient (Wildman–Crippen LogP) is 0.368. The quantitative estimate of drug-likeness (QED) is 0.555. The summed E-state index contributed by atoms with van der Waals surface area (Å²) in [7, 11) is 1.90. The Labute approximate surface area is 119 Å². The van der Waals surface area contributed by atoms with Gasteiger partial charge in [0.15, 0.2) is 5.65 Å². The number of fused-ring (bicyclic) bond motifs is 1. The highest BCUT2D eigenvalue weighted by molar-refractivity contribution is 5.75. The van der Waals surface area contributed by atoms with E-state index in [1.54, 1.807) is 0 Å². The van der Waals surface area contributed by atoms with Crippen LogP contribution in [0.5, 0.6) is 0 Å². The molecule has 1 aromatic carbocycles. The lowest BCUT2D eigenvalue weighted by Gasteiger charge is -2.06. The van der Waals surface area contributed by atoms with Crippen molar-refractivity contribution in [2.24, 2.45) is 0 Å². The molecule has 0 atom stereocenters. The molecule has 3 rings (SSSR count). The van der Waals surface area contributed by atoms with Gasteiger partial charge in [0.05, 0.1) is 0 Å². The number of hydrogen-bond donors (Lipinski definition) is 4. The van der Waals surface area contributed by atoms with Crippen molar-refractivity contribution in [2.45, 2.75) is 6.42 Å². The summed E-state index contributed by atoms with van der Waals surface area (Å²) in [5.74, 6) is 0.573. The maximum absolute atomic E-state index is 11.7. The Hall–Kier alpha value is -2.67. The number of nitrogens with zero attached hydrogens (tertiary/aromatic N) is 1. The fourth-order valence-electron chi connectivity index (χ4n) is 2.29. The number of likely N-dealkylation sites (N-methyl/N-ethyl adjacent to an activating group) is 1. The molecule has 0 aliphatic carbocycles. The van der Waals surface area contributed by atoms with Crippen LogP contribution in [-0.2, 0) is 6.42 Å². The molecule has 2 heterocycles. The summed E-state index contributed by atoms with van der Waals surface area (Å²) in [6.45, 7) is 0.842. The molecule has 0 saturated heterocycles. The Bertz CT molecular complexity index is 890. The fraction of sp³-hybridized carbons (Fsp3) is 0.214. The smallest absolute Gasteiger partial charge is 0.327 e. The van der Waals surface area contributed by atoms with Crippen LogP contribution < -0.4 is 16.6 Å². The average molecular weight is 285 g/mol. The van der Waals surface area contributed by atoms with Crippen LogP contribution in [0.15, 0.2) is 33.9 Å². The van der Waals surface area contributed by atoms with Crippen LogP contribution in [0.25, 0.3) is 22.6 Å². The van der Waals surface area contributed by atoms with Crippen LogP contribution >= 0.6 is 0 Å². The number of imidazole rings is 1. The first-order valence-electron chi connectivity index (χ1n) is 6.64. The fourth-order valence-corrected chi connectivity index (χ4v) is 2.29. The SMILES string of the molecule is CNCCc1ccccc1-c1nc2[nH]c(=O)[nH]c(=O)c2[nH]1. The maximum Gasteiger partial charge on any atom is 0.327 e. The molecule has 7 nitrogen and oxygen atoms in total. The van der Waals surface area contributed by atoms with E-state index in [4.69, 9.17) is 0 Å². The number of aromatic amines is 3. The van der Waals surface area contributed by atoms with E-state index in [1.165, 1.54) is 0 Å².